The fourth-order valence-electron chi connectivity index (χ4n) is 3.62. The maximum atomic E-state index is 13.8. The van der Waals surface area contributed by atoms with Crippen molar-refractivity contribution in [2.45, 2.75) is 40.2 Å². The molecule has 162 valence electrons. The summed E-state index contributed by atoms with van der Waals surface area (Å²) in [5, 5.41) is 12.3. The summed E-state index contributed by atoms with van der Waals surface area (Å²) in [6.45, 7) is 5.08. The van der Waals surface area contributed by atoms with Gasteiger partial charge in [-0.25, -0.2) is 9.37 Å². The van der Waals surface area contributed by atoms with Crippen LogP contribution in [0.3, 0.4) is 0 Å². The minimum absolute atomic E-state index is 0.125. The number of aliphatic hydroxyl groups is 1. The Hall–Kier alpha value is -3.32. The van der Waals surface area contributed by atoms with Gasteiger partial charge in [0.15, 0.2) is 0 Å². The molecule has 0 aliphatic carbocycles. The van der Waals surface area contributed by atoms with E-state index in [-0.39, 0.29) is 31.3 Å². The van der Waals surface area contributed by atoms with E-state index in [1.165, 1.54) is 22.8 Å². The van der Waals surface area contributed by atoms with E-state index in [0.29, 0.717) is 16.8 Å². The van der Waals surface area contributed by atoms with Gasteiger partial charge in [-0.1, -0.05) is 37.3 Å². The summed E-state index contributed by atoms with van der Waals surface area (Å²) in [5.41, 5.74) is 3.40. The number of benzene rings is 2. The van der Waals surface area contributed by atoms with Crippen LogP contribution in [0.2, 0.25) is 0 Å². The highest BCUT2D eigenvalue weighted by Crippen LogP contribution is 2.22. The van der Waals surface area contributed by atoms with Crippen molar-refractivity contribution in [3.63, 3.8) is 0 Å². The number of halogens is 1. The summed E-state index contributed by atoms with van der Waals surface area (Å²) in [4.78, 5) is 30.6. The van der Waals surface area contributed by atoms with Crippen LogP contribution in [-0.4, -0.2) is 27.2 Å². The topological polar surface area (TPSA) is 84.2 Å². The summed E-state index contributed by atoms with van der Waals surface area (Å²) < 4.78 is 15.1. The Morgan fingerprint density at radius 2 is 1.94 bits per heavy atom. The zero-order chi connectivity index (χ0) is 22.5. The number of carbonyl (C=O) groups is 1. The van der Waals surface area contributed by atoms with Crippen molar-refractivity contribution in [2.24, 2.45) is 0 Å². The van der Waals surface area contributed by atoms with Crippen LogP contribution in [0, 0.1) is 19.7 Å². The van der Waals surface area contributed by atoms with Crippen LogP contribution in [0.4, 0.5) is 10.1 Å². The predicted octanol–water partition coefficient (Wildman–Crippen LogP) is 3.40. The molecule has 0 saturated carbocycles. The second kappa shape index (κ2) is 9.66. The van der Waals surface area contributed by atoms with E-state index >= 15 is 0 Å². The standard InChI is InChI=1S/C24H26FN3O3/c1-4-17-8-5-7-15(2)22(17)27-21(30)14-28-23(18-9-6-10-19(25)13-18)26-16(3)20(11-12-29)24(28)31/h5-10,13,29H,4,11-12,14H2,1-3H3,(H,27,30). The predicted molar refractivity (Wildman–Crippen MR) is 119 cm³/mol. The summed E-state index contributed by atoms with van der Waals surface area (Å²) in [6, 6.07) is 11.5. The van der Waals surface area contributed by atoms with E-state index in [2.05, 4.69) is 10.3 Å². The lowest BCUT2D eigenvalue weighted by atomic mass is 10.1. The normalized spacial score (nSPS) is 10.9. The molecule has 0 saturated heterocycles. The number of amides is 1. The monoisotopic (exact) mass is 423 g/mol. The molecule has 1 heterocycles. The number of rotatable bonds is 7. The van der Waals surface area contributed by atoms with E-state index in [1.807, 2.05) is 32.0 Å². The van der Waals surface area contributed by atoms with Gasteiger partial charge in [0.05, 0.1) is 0 Å². The van der Waals surface area contributed by atoms with E-state index in [9.17, 15) is 19.1 Å². The van der Waals surface area contributed by atoms with Crippen molar-refractivity contribution in [3.8, 4) is 11.4 Å². The summed E-state index contributed by atoms with van der Waals surface area (Å²) in [6.07, 6.45) is 0.874. The average Bonchev–Trinajstić information content (AvgIpc) is 2.74. The zero-order valence-electron chi connectivity index (χ0n) is 17.9. The highest BCUT2D eigenvalue weighted by atomic mass is 19.1. The Morgan fingerprint density at radius 3 is 2.61 bits per heavy atom. The molecule has 0 fully saturated rings. The fourth-order valence-corrected chi connectivity index (χ4v) is 3.62. The summed E-state index contributed by atoms with van der Waals surface area (Å²) in [7, 11) is 0. The molecule has 1 amide bonds. The number of hydrogen-bond acceptors (Lipinski definition) is 4. The molecule has 0 atom stereocenters. The first-order valence-electron chi connectivity index (χ1n) is 10.2. The molecule has 3 aromatic rings. The minimum atomic E-state index is -0.465. The molecular formula is C24H26FN3O3. The van der Waals surface area contributed by atoms with Gasteiger partial charge in [0, 0.05) is 35.5 Å². The molecule has 0 radical (unpaired) electrons. The molecule has 0 aliphatic heterocycles. The van der Waals surface area contributed by atoms with Gasteiger partial charge in [-0.15, -0.1) is 0 Å². The van der Waals surface area contributed by atoms with Crippen LogP contribution in [0.15, 0.2) is 47.3 Å². The van der Waals surface area contributed by atoms with Crippen LogP contribution in [0.1, 0.15) is 29.3 Å². The number of carbonyl (C=O) groups excluding carboxylic acids is 1. The SMILES string of the molecule is CCc1cccc(C)c1NC(=O)Cn1c(-c2cccc(F)c2)nc(C)c(CCO)c1=O. The summed E-state index contributed by atoms with van der Waals surface area (Å²) >= 11 is 0. The first-order valence-corrected chi connectivity index (χ1v) is 10.2. The molecule has 7 heteroatoms. The Labute approximate surface area is 180 Å². The van der Waals surface area contributed by atoms with Crippen molar-refractivity contribution in [3.05, 3.63) is 81.0 Å². The molecule has 31 heavy (non-hydrogen) atoms. The first-order chi connectivity index (χ1) is 14.8. The maximum absolute atomic E-state index is 13.8. The average molecular weight is 423 g/mol. The van der Waals surface area contributed by atoms with Crippen molar-refractivity contribution in [1.29, 1.82) is 0 Å². The molecule has 3 rings (SSSR count). The molecule has 2 aromatic carbocycles. The maximum Gasteiger partial charge on any atom is 0.257 e. The number of nitrogens with zero attached hydrogens (tertiary/aromatic N) is 2. The largest absolute Gasteiger partial charge is 0.396 e. The van der Waals surface area contributed by atoms with E-state index in [4.69, 9.17) is 0 Å². The van der Waals surface area contributed by atoms with E-state index in [1.54, 1.807) is 13.0 Å². The van der Waals surface area contributed by atoms with Crippen molar-refractivity contribution < 1.29 is 14.3 Å². The van der Waals surface area contributed by atoms with Gasteiger partial charge in [-0.2, -0.15) is 0 Å². The molecule has 1 aromatic heterocycles. The Balaban J connectivity index is 2.06. The number of para-hydroxylation sites is 1. The van der Waals surface area contributed by atoms with Gasteiger partial charge in [-0.3, -0.25) is 14.2 Å². The van der Waals surface area contributed by atoms with E-state index < -0.39 is 11.4 Å². The third kappa shape index (κ3) is 4.88. The molecule has 2 N–H and O–H groups in total. The van der Waals surface area contributed by atoms with Gasteiger partial charge in [-0.05, 0) is 43.5 Å². The quantitative estimate of drug-likeness (QED) is 0.610. The number of nitrogens with one attached hydrogen (secondary N) is 1. The highest BCUT2D eigenvalue weighted by Gasteiger charge is 2.19. The van der Waals surface area contributed by atoms with Crippen molar-refractivity contribution in [1.82, 2.24) is 9.55 Å². The van der Waals surface area contributed by atoms with Gasteiger partial charge in [0.1, 0.15) is 18.2 Å². The number of anilines is 1. The van der Waals surface area contributed by atoms with Gasteiger partial charge in [0.2, 0.25) is 5.91 Å². The second-order valence-electron chi connectivity index (χ2n) is 7.39. The zero-order valence-corrected chi connectivity index (χ0v) is 17.9. The fraction of sp³-hybridized carbons (Fsp3) is 0.292. The molecule has 0 spiro atoms. The van der Waals surface area contributed by atoms with Crippen LogP contribution < -0.4 is 10.9 Å². The molecular weight excluding hydrogens is 397 g/mol. The van der Waals surface area contributed by atoms with Crippen LogP contribution in [-0.2, 0) is 24.2 Å². The Bertz CT molecular complexity index is 1170. The molecule has 6 nitrogen and oxygen atoms in total. The number of aromatic nitrogens is 2. The van der Waals surface area contributed by atoms with Crippen molar-refractivity contribution >= 4 is 11.6 Å². The van der Waals surface area contributed by atoms with Crippen molar-refractivity contribution in [2.75, 3.05) is 11.9 Å². The van der Waals surface area contributed by atoms with Gasteiger partial charge < -0.3 is 10.4 Å². The Kier molecular flexibility index (Phi) is 6.97. The lowest BCUT2D eigenvalue weighted by Gasteiger charge is -2.17. The first kappa shape index (κ1) is 22.4. The number of aryl methyl sites for hydroxylation is 3. The van der Waals surface area contributed by atoms with Gasteiger partial charge in [0.25, 0.3) is 5.56 Å². The smallest absolute Gasteiger partial charge is 0.257 e. The molecule has 0 unspecified atom stereocenters. The number of hydrogen-bond donors (Lipinski definition) is 2. The third-order valence-corrected chi connectivity index (χ3v) is 5.22. The number of aliphatic hydroxyl groups excluding tert-OH is 1. The van der Waals surface area contributed by atoms with E-state index in [0.717, 1.165) is 23.2 Å². The van der Waals surface area contributed by atoms with Crippen LogP contribution in [0.5, 0.6) is 0 Å². The van der Waals surface area contributed by atoms with Crippen LogP contribution >= 0.6 is 0 Å². The molecule has 0 aliphatic rings. The van der Waals surface area contributed by atoms with Crippen LogP contribution in [0.25, 0.3) is 11.4 Å². The summed E-state index contributed by atoms with van der Waals surface area (Å²) in [5.74, 6) is -0.643. The highest BCUT2D eigenvalue weighted by molar-refractivity contribution is 5.92. The Morgan fingerprint density at radius 1 is 1.19 bits per heavy atom. The van der Waals surface area contributed by atoms with Gasteiger partial charge >= 0.3 is 0 Å². The lowest BCUT2D eigenvalue weighted by Crippen LogP contribution is -2.33. The third-order valence-electron chi connectivity index (χ3n) is 5.22. The lowest BCUT2D eigenvalue weighted by molar-refractivity contribution is -0.116. The molecule has 0 bridgehead atoms. The second-order valence-corrected chi connectivity index (χ2v) is 7.39. The minimum Gasteiger partial charge on any atom is -0.396 e.